The Bertz CT molecular complexity index is 904. The molecular formula is C13H8Br2N2O2S. The van der Waals surface area contributed by atoms with Gasteiger partial charge in [-0.3, -0.25) is 0 Å². The van der Waals surface area contributed by atoms with Crippen LogP contribution < -0.4 is 0 Å². The maximum absolute atomic E-state index is 12.7. The Morgan fingerprint density at radius 3 is 2.60 bits per heavy atom. The second-order valence-electron chi connectivity index (χ2n) is 4.11. The number of aromatic nitrogens is 2. The minimum absolute atomic E-state index is 0.210. The van der Waals surface area contributed by atoms with Crippen molar-refractivity contribution in [1.29, 1.82) is 0 Å². The lowest BCUT2D eigenvalue weighted by Crippen LogP contribution is -2.12. The number of rotatable bonds is 2. The van der Waals surface area contributed by atoms with E-state index in [1.54, 1.807) is 36.5 Å². The summed E-state index contributed by atoms with van der Waals surface area (Å²) < 4.78 is 27.9. The van der Waals surface area contributed by atoms with Crippen molar-refractivity contribution in [3.05, 3.63) is 57.7 Å². The fraction of sp³-hybridized carbons (Fsp3) is 0. The van der Waals surface area contributed by atoms with Crippen LogP contribution in [0.25, 0.3) is 11.0 Å². The van der Waals surface area contributed by atoms with Crippen LogP contribution in [0.2, 0.25) is 0 Å². The molecule has 0 atom stereocenters. The van der Waals surface area contributed by atoms with Gasteiger partial charge in [-0.15, -0.1) is 0 Å². The SMILES string of the molecule is O=S(=O)(c1ccccc1Br)n1ccc2cc(Br)cnc21. The van der Waals surface area contributed by atoms with E-state index >= 15 is 0 Å². The van der Waals surface area contributed by atoms with Gasteiger partial charge in [-0.25, -0.2) is 17.4 Å². The van der Waals surface area contributed by atoms with E-state index in [4.69, 9.17) is 0 Å². The highest BCUT2D eigenvalue weighted by molar-refractivity contribution is 9.10. The molecule has 0 unspecified atom stereocenters. The van der Waals surface area contributed by atoms with Gasteiger partial charge in [0.1, 0.15) is 4.90 Å². The monoisotopic (exact) mass is 414 g/mol. The number of hydrogen-bond acceptors (Lipinski definition) is 3. The smallest absolute Gasteiger partial charge is 0.236 e. The third-order valence-electron chi connectivity index (χ3n) is 2.83. The quantitative estimate of drug-likeness (QED) is 0.639. The van der Waals surface area contributed by atoms with Gasteiger partial charge in [0, 0.05) is 26.7 Å². The molecule has 0 fully saturated rings. The molecular weight excluding hydrogens is 408 g/mol. The van der Waals surface area contributed by atoms with Gasteiger partial charge in [-0.05, 0) is 56.1 Å². The van der Waals surface area contributed by atoms with Crippen molar-refractivity contribution in [2.75, 3.05) is 0 Å². The van der Waals surface area contributed by atoms with Gasteiger partial charge in [0.15, 0.2) is 5.65 Å². The molecule has 2 aromatic heterocycles. The molecule has 102 valence electrons. The highest BCUT2D eigenvalue weighted by Crippen LogP contribution is 2.27. The summed E-state index contributed by atoms with van der Waals surface area (Å²) in [7, 11) is -3.67. The lowest BCUT2D eigenvalue weighted by atomic mass is 10.3. The zero-order valence-electron chi connectivity index (χ0n) is 9.99. The minimum atomic E-state index is -3.67. The van der Waals surface area contributed by atoms with Crippen molar-refractivity contribution in [1.82, 2.24) is 8.96 Å². The summed E-state index contributed by atoms with van der Waals surface area (Å²) in [5.41, 5.74) is 0.406. The summed E-state index contributed by atoms with van der Waals surface area (Å²) in [6.45, 7) is 0. The Morgan fingerprint density at radius 2 is 1.85 bits per heavy atom. The molecule has 4 nitrogen and oxygen atoms in total. The zero-order chi connectivity index (χ0) is 14.3. The van der Waals surface area contributed by atoms with Crippen LogP contribution in [0.15, 0.2) is 62.6 Å². The van der Waals surface area contributed by atoms with Gasteiger partial charge in [0.25, 0.3) is 10.0 Å². The first kappa shape index (κ1) is 13.8. The molecule has 0 saturated carbocycles. The van der Waals surface area contributed by atoms with Gasteiger partial charge < -0.3 is 0 Å². The predicted octanol–water partition coefficient (Wildman–Crippen LogP) is 3.80. The first-order chi connectivity index (χ1) is 9.50. The van der Waals surface area contributed by atoms with Crippen LogP contribution in [0.4, 0.5) is 0 Å². The molecule has 0 saturated heterocycles. The molecule has 0 spiro atoms. The predicted molar refractivity (Wildman–Crippen MR) is 84.2 cm³/mol. The second-order valence-corrected chi connectivity index (χ2v) is 7.67. The average Bonchev–Trinajstić information content (AvgIpc) is 2.82. The van der Waals surface area contributed by atoms with Crippen LogP contribution in [0.5, 0.6) is 0 Å². The van der Waals surface area contributed by atoms with Crippen LogP contribution in [0, 0.1) is 0 Å². The number of benzene rings is 1. The first-order valence-corrected chi connectivity index (χ1v) is 8.65. The van der Waals surface area contributed by atoms with Crippen molar-refractivity contribution in [2.45, 2.75) is 4.90 Å². The molecule has 0 aliphatic carbocycles. The molecule has 7 heteroatoms. The van der Waals surface area contributed by atoms with Crippen LogP contribution >= 0.6 is 31.9 Å². The minimum Gasteiger partial charge on any atom is -0.236 e. The van der Waals surface area contributed by atoms with Crippen LogP contribution in [0.1, 0.15) is 0 Å². The highest BCUT2D eigenvalue weighted by atomic mass is 79.9. The summed E-state index contributed by atoms with van der Waals surface area (Å²) in [5, 5.41) is 0.759. The Kier molecular flexibility index (Phi) is 3.43. The van der Waals surface area contributed by atoms with Gasteiger partial charge in [0.05, 0.1) is 0 Å². The largest absolute Gasteiger partial charge is 0.270 e. The second kappa shape index (κ2) is 4.98. The van der Waals surface area contributed by atoms with Crippen molar-refractivity contribution in [3.8, 4) is 0 Å². The zero-order valence-corrected chi connectivity index (χ0v) is 14.0. The van der Waals surface area contributed by atoms with E-state index in [1.807, 2.05) is 6.07 Å². The van der Waals surface area contributed by atoms with Crippen molar-refractivity contribution in [3.63, 3.8) is 0 Å². The van der Waals surface area contributed by atoms with E-state index in [0.717, 1.165) is 9.86 Å². The molecule has 0 aliphatic heterocycles. The number of nitrogens with zero attached hydrogens (tertiary/aromatic N) is 2. The lowest BCUT2D eigenvalue weighted by molar-refractivity contribution is 0.588. The van der Waals surface area contributed by atoms with E-state index in [-0.39, 0.29) is 4.90 Å². The molecule has 0 N–H and O–H groups in total. The van der Waals surface area contributed by atoms with Gasteiger partial charge in [0.2, 0.25) is 0 Å². The van der Waals surface area contributed by atoms with Gasteiger partial charge in [-0.2, -0.15) is 0 Å². The third kappa shape index (κ3) is 2.19. The molecule has 0 bridgehead atoms. The van der Waals surface area contributed by atoms with E-state index in [0.29, 0.717) is 10.1 Å². The van der Waals surface area contributed by atoms with Crippen LogP contribution in [-0.2, 0) is 10.0 Å². The summed E-state index contributed by atoms with van der Waals surface area (Å²) in [4.78, 5) is 4.39. The summed E-state index contributed by atoms with van der Waals surface area (Å²) in [6, 6.07) is 10.3. The molecule has 0 amide bonds. The Morgan fingerprint density at radius 1 is 1.10 bits per heavy atom. The van der Waals surface area contributed by atoms with E-state index < -0.39 is 10.0 Å². The normalized spacial score (nSPS) is 11.9. The van der Waals surface area contributed by atoms with Crippen molar-refractivity contribution in [2.24, 2.45) is 0 Å². The van der Waals surface area contributed by atoms with Gasteiger partial charge in [-0.1, -0.05) is 12.1 Å². The fourth-order valence-electron chi connectivity index (χ4n) is 1.93. The summed E-state index contributed by atoms with van der Waals surface area (Å²) >= 11 is 6.59. The Labute approximate surface area is 132 Å². The topological polar surface area (TPSA) is 52.0 Å². The Balaban J connectivity index is 2.28. The number of halogens is 2. The molecule has 20 heavy (non-hydrogen) atoms. The number of pyridine rings is 1. The van der Waals surface area contributed by atoms with E-state index in [9.17, 15) is 8.42 Å². The van der Waals surface area contributed by atoms with Crippen LogP contribution in [0.3, 0.4) is 0 Å². The van der Waals surface area contributed by atoms with E-state index in [2.05, 4.69) is 36.8 Å². The summed E-state index contributed by atoms with van der Waals surface area (Å²) in [6.07, 6.45) is 3.09. The molecule has 0 radical (unpaired) electrons. The first-order valence-electron chi connectivity index (χ1n) is 5.63. The molecule has 2 heterocycles. The van der Waals surface area contributed by atoms with Crippen molar-refractivity contribution >= 4 is 52.9 Å². The molecule has 3 rings (SSSR count). The standard InChI is InChI=1S/C13H8Br2N2O2S/c14-10-7-9-5-6-17(13(9)16-8-10)20(18,19)12-4-2-1-3-11(12)15/h1-8H. The van der Waals surface area contributed by atoms with Gasteiger partial charge >= 0.3 is 0 Å². The highest BCUT2D eigenvalue weighted by Gasteiger charge is 2.21. The third-order valence-corrected chi connectivity index (χ3v) is 5.95. The maximum atomic E-state index is 12.7. The summed E-state index contributed by atoms with van der Waals surface area (Å²) in [5.74, 6) is 0. The fourth-order valence-corrected chi connectivity index (χ4v) is 4.55. The average molecular weight is 416 g/mol. The molecule has 1 aromatic carbocycles. The lowest BCUT2D eigenvalue weighted by Gasteiger charge is -2.08. The van der Waals surface area contributed by atoms with Crippen molar-refractivity contribution < 1.29 is 8.42 Å². The number of hydrogen-bond donors (Lipinski definition) is 0. The maximum Gasteiger partial charge on any atom is 0.270 e. The van der Waals surface area contributed by atoms with E-state index in [1.165, 1.54) is 10.2 Å². The van der Waals surface area contributed by atoms with Crippen LogP contribution in [-0.4, -0.2) is 17.4 Å². The Hall–Kier alpha value is -1.18. The number of fused-ring (bicyclic) bond motifs is 1. The molecule has 0 aliphatic rings. The molecule has 3 aromatic rings.